The maximum absolute atomic E-state index is 6.00. The largest absolute Gasteiger partial charge is 0.255 e. The Morgan fingerprint density at radius 1 is 1.13 bits per heavy atom. The number of rotatable bonds is 1. The number of benzene rings is 1. The monoisotopic (exact) mass is 234 g/mol. The fourth-order valence-corrected chi connectivity index (χ4v) is 3.54. The van der Waals surface area contributed by atoms with E-state index in [4.69, 9.17) is 11.6 Å². The van der Waals surface area contributed by atoms with Crippen LogP contribution in [0.4, 0.5) is 5.69 Å². The SMILES string of the molecule is Clc1ccc2c(c1)C([SH]1C=CC=C1)=C[N]2. The van der Waals surface area contributed by atoms with Gasteiger partial charge >= 0.3 is 0 Å². The molecule has 2 heterocycles. The van der Waals surface area contributed by atoms with Crippen molar-refractivity contribution in [3.63, 3.8) is 0 Å². The zero-order valence-corrected chi connectivity index (χ0v) is 9.54. The zero-order valence-electron chi connectivity index (χ0n) is 7.89. The lowest BCUT2D eigenvalue weighted by Crippen LogP contribution is -1.81. The Labute approximate surface area is 96.5 Å². The van der Waals surface area contributed by atoms with E-state index >= 15 is 0 Å². The summed E-state index contributed by atoms with van der Waals surface area (Å²) in [5.74, 6) is 0. The molecule has 0 N–H and O–H groups in total. The van der Waals surface area contributed by atoms with Gasteiger partial charge in [-0.05, 0) is 29.0 Å². The quantitative estimate of drug-likeness (QED) is 0.708. The van der Waals surface area contributed by atoms with Crippen molar-refractivity contribution in [1.29, 1.82) is 0 Å². The van der Waals surface area contributed by atoms with Crippen LogP contribution in [0.15, 0.2) is 47.4 Å². The van der Waals surface area contributed by atoms with Crippen molar-refractivity contribution in [1.82, 2.24) is 5.32 Å². The van der Waals surface area contributed by atoms with Gasteiger partial charge in [0.2, 0.25) is 0 Å². The molecule has 1 aromatic rings. The lowest BCUT2D eigenvalue weighted by atomic mass is 10.2. The second-order valence-electron chi connectivity index (χ2n) is 3.40. The van der Waals surface area contributed by atoms with E-state index in [0.717, 1.165) is 10.7 Å². The maximum Gasteiger partial charge on any atom is 0.0714 e. The minimum Gasteiger partial charge on any atom is -0.255 e. The van der Waals surface area contributed by atoms with E-state index in [1.165, 1.54) is 10.5 Å². The normalized spacial score (nSPS) is 19.0. The van der Waals surface area contributed by atoms with Crippen molar-refractivity contribution >= 4 is 33.1 Å². The van der Waals surface area contributed by atoms with Gasteiger partial charge in [-0.1, -0.05) is 23.8 Å². The van der Waals surface area contributed by atoms with E-state index in [1.54, 1.807) is 0 Å². The predicted octanol–water partition coefficient (Wildman–Crippen LogP) is 3.93. The smallest absolute Gasteiger partial charge is 0.0714 e. The molecule has 0 amide bonds. The van der Waals surface area contributed by atoms with E-state index in [0.29, 0.717) is 0 Å². The molecule has 0 atom stereocenters. The zero-order chi connectivity index (χ0) is 10.3. The molecule has 1 aromatic carbocycles. The van der Waals surface area contributed by atoms with Crippen LogP contribution >= 0.6 is 22.5 Å². The first-order chi connectivity index (χ1) is 7.34. The van der Waals surface area contributed by atoms with Crippen LogP contribution in [0.2, 0.25) is 5.02 Å². The van der Waals surface area contributed by atoms with Crippen molar-refractivity contribution in [2.75, 3.05) is 0 Å². The van der Waals surface area contributed by atoms with Crippen molar-refractivity contribution in [2.24, 2.45) is 0 Å². The Bertz CT molecular complexity index is 490. The first-order valence-electron chi connectivity index (χ1n) is 4.69. The Morgan fingerprint density at radius 3 is 2.73 bits per heavy atom. The highest BCUT2D eigenvalue weighted by molar-refractivity contribution is 8.30. The fraction of sp³-hybridized carbons (Fsp3) is 0. The van der Waals surface area contributed by atoms with Gasteiger partial charge in [0.05, 0.1) is 5.69 Å². The van der Waals surface area contributed by atoms with Crippen LogP contribution in [0.3, 0.4) is 0 Å². The Morgan fingerprint density at radius 2 is 1.93 bits per heavy atom. The van der Waals surface area contributed by atoms with Gasteiger partial charge in [-0.3, -0.25) is 5.32 Å². The van der Waals surface area contributed by atoms with E-state index in [9.17, 15) is 0 Å². The number of allylic oxidation sites excluding steroid dienone is 2. The highest BCUT2D eigenvalue weighted by Gasteiger charge is 2.19. The first-order valence-corrected chi connectivity index (χ1v) is 6.55. The van der Waals surface area contributed by atoms with Gasteiger partial charge in [0.25, 0.3) is 0 Å². The number of thiol groups is 1. The molecule has 1 radical (unpaired) electrons. The highest BCUT2D eigenvalue weighted by Crippen LogP contribution is 2.51. The van der Waals surface area contributed by atoms with Crippen LogP contribution in [-0.2, 0) is 0 Å². The summed E-state index contributed by atoms with van der Waals surface area (Å²) in [7, 11) is -0.298. The molecule has 0 bridgehead atoms. The second-order valence-corrected chi connectivity index (χ2v) is 5.72. The third-order valence-electron chi connectivity index (χ3n) is 2.44. The minimum atomic E-state index is -0.298. The van der Waals surface area contributed by atoms with Gasteiger partial charge in [0, 0.05) is 21.7 Å². The van der Waals surface area contributed by atoms with E-state index < -0.39 is 0 Å². The van der Waals surface area contributed by atoms with Crippen molar-refractivity contribution < 1.29 is 0 Å². The van der Waals surface area contributed by atoms with Crippen molar-refractivity contribution in [3.8, 4) is 0 Å². The molecule has 0 saturated heterocycles. The Balaban J connectivity index is 2.05. The molecule has 0 saturated carbocycles. The average molecular weight is 235 g/mol. The molecule has 15 heavy (non-hydrogen) atoms. The van der Waals surface area contributed by atoms with Gasteiger partial charge in [-0.25, -0.2) is 0 Å². The fourth-order valence-electron chi connectivity index (χ4n) is 1.73. The molecule has 2 aliphatic heterocycles. The van der Waals surface area contributed by atoms with E-state index in [-0.39, 0.29) is 10.9 Å². The van der Waals surface area contributed by atoms with Gasteiger partial charge < -0.3 is 0 Å². The molecule has 0 spiro atoms. The summed E-state index contributed by atoms with van der Waals surface area (Å²) in [4.78, 5) is 1.30. The first kappa shape index (κ1) is 9.13. The number of hydrogen-bond donors (Lipinski definition) is 1. The van der Waals surface area contributed by atoms with Crippen LogP contribution in [0.5, 0.6) is 0 Å². The van der Waals surface area contributed by atoms with Crippen LogP contribution in [0.1, 0.15) is 5.56 Å². The molecule has 3 rings (SSSR count). The lowest BCUT2D eigenvalue weighted by Gasteiger charge is -2.12. The number of fused-ring (bicyclic) bond motifs is 1. The molecule has 0 aromatic heterocycles. The van der Waals surface area contributed by atoms with Gasteiger partial charge in [0.1, 0.15) is 0 Å². The van der Waals surface area contributed by atoms with Crippen molar-refractivity contribution in [2.45, 2.75) is 0 Å². The second kappa shape index (κ2) is 3.47. The topological polar surface area (TPSA) is 14.1 Å². The summed E-state index contributed by atoms with van der Waals surface area (Å²) in [6, 6.07) is 5.86. The Kier molecular flexibility index (Phi) is 2.11. The molecule has 0 unspecified atom stereocenters. The number of nitrogens with zero attached hydrogens (tertiary/aromatic N) is 1. The molecule has 3 heteroatoms. The van der Waals surface area contributed by atoms with Crippen LogP contribution in [0.25, 0.3) is 4.91 Å². The van der Waals surface area contributed by atoms with Crippen LogP contribution in [-0.4, -0.2) is 0 Å². The molecule has 75 valence electrons. The number of hydrogen-bond acceptors (Lipinski definition) is 0. The lowest BCUT2D eigenvalue weighted by molar-refractivity contribution is 1.22. The molecule has 2 aliphatic rings. The maximum atomic E-state index is 6.00. The summed E-state index contributed by atoms with van der Waals surface area (Å²) in [5, 5.41) is 9.63. The van der Waals surface area contributed by atoms with E-state index in [1.807, 2.05) is 24.4 Å². The molecule has 1 nitrogen and oxygen atoms in total. The molecule has 0 fully saturated rings. The molecule has 0 aliphatic carbocycles. The summed E-state index contributed by atoms with van der Waals surface area (Å²) >= 11 is 6.00. The number of halogens is 1. The average Bonchev–Trinajstić information content (AvgIpc) is 2.83. The summed E-state index contributed by atoms with van der Waals surface area (Å²) < 4.78 is 0. The molecular formula is C12H9ClNS. The standard InChI is InChI=1S/C12H9ClNS/c13-9-3-4-11-10(7-9)12(8-14-11)15-5-1-2-6-15/h1-8,15H. The predicted molar refractivity (Wildman–Crippen MR) is 68.5 cm³/mol. The Hall–Kier alpha value is -1.12. The van der Waals surface area contributed by atoms with Crippen molar-refractivity contribution in [3.05, 3.63) is 58.0 Å². The van der Waals surface area contributed by atoms with Gasteiger partial charge in [-0.15, -0.1) is 0 Å². The van der Waals surface area contributed by atoms with E-state index in [2.05, 4.69) is 28.3 Å². The van der Waals surface area contributed by atoms with Crippen LogP contribution < -0.4 is 5.32 Å². The van der Waals surface area contributed by atoms with Gasteiger partial charge in [0.15, 0.2) is 0 Å². The summed E-state index contributed by atoms with van der Waals surface area (Å²) in [6.45, 7) is 0. The summed E-state index contributed by atoms with van der Waals surface area (Å²) in [5.41, 5.74) is 2.22. The van der Waals surface area contributed by atoms with Crippen LogP contribution in [0, 0.1) is 0 Å². The third kappa shape index (κ3) is 1.50. The van der Waals surface area contributed by atoms with Gasteiger partial charge in [-0.2, -0.15) is 10.9 Å². The minimum absolute atomic E-state index is 0.298. The highest BCUT2D eigenvalue weighted by atomic mass is 35.5. The summed E-state index contributed by atoms with van der Waals surface area (Å²) in [6.07, 6.45) is 6.15. The third-order valence-corrected chi connectivity index (χ3v) is 4.58. The molecular weight excluding hydrogens is 226 g/mol.